The molecule has 0 aliphatic carbocycles. The van der Waals surface area contributed by atoms with Crippen molar-refractivity contribution < 1.29 is 18.0 Å². The molecule has 206 valence electrons. The molecule has 12 heteroatoms. The maximum Gasteiger partial charge on any atom is 0.416 e. The SMILES string of the molecule is [C-]#[N+]c1ccc(N2CCN(C(=O)c3ccc4[nH]c(-c5nc6ccc(C(F)(F)F)cc6[nH]c5=O)c(N)c4c3)CC2)cc1. The van der Waals surface area contributed by atoms with E-state index >= 15 is 0 Å². The summed E-state index contributed by atoms with van der Waals surface area (Å²) in [6, 6.07) is 15.3. The van der Waals surface area contributed by atoms with Gasteiger partial charge in [0, 0.05) is 48.3 Å². The fourth-order valence-corrected chi connectivity index (χ4v) is 5.05. The standard InChI is InChI=1S/C29H22F3N7O2/c1-34-18-4-6-19(7-5-18)38-10-12-39(13-11-38)28(41)16-2-8-21-20(14-16)24(33)25(35-21)26-27(40)37-23-15-17(29(30,31)32)3-9-22(23)36-26/h2-9,14-15,35H,10-13,33H2,(H,37,40). The molecular weight excluding hydrogens is 535 g/mol. The Morgan fingerprint density at radius 1 is 0.951 bits per heavy atom. The second-order valence-corrected chi connectivity index (χ2v) is 9.73. The van der Waals surface area contributed by atoms with E-state index in [0.29, 0.717) is 48.3 Å². The van der Waals surface area contributed by atoms with Gasteiger partial charge in [0.05, 0.1) is 34.6 Å². The highest BCUT2D eigenvalue weighted by Crippen LogP contribution is 2.33. The summed E-state index contributed by atoms with van der Waals surface area (Å²) in [7, 11) is 0. The summed E-state index contributed by atoms with van der Waals surface area (Å²) >= 11 is 0. The lowest BCUT2D eigenvalue weighted by atomic mass is 10.1. The molecule has 5 aromatic rings. The molecule has 1 amide bonds. The summed E-state index contributed by atoms with van der Waals surface area (Å²) in [6.07, 6.45) is -4.56. The number of H-pyrrole nitrogens is 2. The molecule has 9 nitrogen and oxygen atoms in total. The lowest BCUT2D eigenvalue weighted by Gasteiger charge is -2.36. The van der Waals surface area contributed by atoms with Gasteiger partial charge in [0.1, 0.15) is 0 Å². The number of halogens is 3. The van der Waals surface area contributed by atoms with E-state index in [0.717, 1.165) is 17.8 Å². The van der Waals surface area contributed by atoms with E-state index in [1.807, 2.05) is 12.1 Å². The first-order valence-electron chi connectivity index (χ1n) is 12.7. The number of nitrogen functional groups attached to an aromatic ring is 1. The largest absolute Gasteiger partial charge is 0.416 e. The molecule has 1 saturated heterocycles. The third-order valence-corrected chi connectivity index (χ3v) is 7.25. The van der Waals surface area contributed by atoms with Crippen LogP contribution in [-0.2, 0) is 6.18 Å². The highest BCUT2D eigenvalue weighted by Gasteiger charge is 2.31. The van der Waals surface area contributed by atoms with Gasteiger partial charge >= 0.3 is 6.18 Å². The van der Waals surface area contributed by atoms with Crippen molar-refractivity contribution in [3.63, 3.8) is 0 Å². The summed E-state index contributed by atoms with van der Waals surface area (Å²) in [5, 5.41) is 0.526. The molecule has 6 rings (SSSR count). The van der Waals surface area contributed by atoms with E-state index in [9.17, 15) is 22.8 Å². The number of carbonyl (C=O) groups excluding carboxylic acids is 1. The smallest absolute Gasteiger partial charge is 0.396 e. The molecule has 3 heterocycles. The molecule has 1 fully saturated rings. The maximum absolute atomic E-state index is 13.3. The summed E-state index contributed by atoms with van der Waals surface area (Å²) in [4.78, 5) is 43.3. The third kappa shape index (κ3) is 4.71. The summed E-state index contributed by atoms with van der Waals surface area (Å²) in [6.45, 7) is 9.41. The summed E-state index contributed by atoms with van der Waals surface area (Å²) < 4.78 is 39.2. The van der Waals surface area contributed by atoms with Crippen LogP contribution in [0, 0.1) is 6.57 Å². The Kier molecular flexibility index (Phi) is 6.14. The third-order valence-electron chi connectivity index (χ3n) is 7.25. The van der Waals surface area contributed by atoms with Gasteiger partial charge in [-0.15, -0.1) is 0 Å². The zero-order chi connectivity index (χ0) is 28.9. The minimum atomic E-state index is -4.56. The minimum absolute atomic E-state index is 0.0448. The molecule has 2 aromatic heterocycles. The van der Waals surface area contributed by atoms with E-state index in [2.05, 4.69) is 24.7 Å². The van der Waals surface area contributed by atoms with Crippen LogP contribution in [-0.4, -0.2) is 51.9 Å². The first-order valence-corrected chi connectivity index (χ1v) is 12.7. The Morgan fingerprint density at radius 2 is 1.68 bits per heavy atom. The number of nitrogens with one attached hydrogen (secondary N) is 2. The van der Waals surface area contributed by atoms with Gasteiger partial charge in [-0.05, 0) is 48.5 Å². The van der Waals surface area contributed by atoms with Crippen molar-refractivity contribution in [2.24, 2.45) is 0 Å². The van der Waals surface area contributed by atoms with E-state index < -0.39 is 17.3 Å². The molecule has 0 spiro atoms. The van der Waals surface area contributed by atoms with Gasteiger partial charge < -0.3 is 25.5 Å². The molecule has 41 heavy (non-hydrogen) atoms. The van der Waals surface area contributed by atoms with Crippen molar-refractivity contribution in [2.45, 2.75) is 6.18 Å². The Labute approximate surface area is 230 Å². The molecule has 0 unspecified atom stereocenters. The predicted molar refractivity (Wildman–Crippen MR) is 150 cm³/mol. The number of alkyl halides is 3. The first-order chi connectivity index (χ1) is 19.6. The number of hydrogen-bond acceptors (Lipinski definition) is 5. The number of fused-ring (bicyclic) bond motifs is 2. The van der Waals surface area contributed by atoms with Gasteiger partial charge in [0.15, 0.2) is 11.4 Å². The summed E-state index contributed by atoms with van der Waals surface area (Å²) in [5.74, 6) is -0.154. The topological polar surface area (TPSA) is 115 Å². The van der Waals surface area contributed by atoms with Gasteiger partial charge in [-0.3, -0.25) is 9.59 Å². The average Bonchev–Trinajstić information content (AvgIpc) is 3.31. The fourth-order valence-electron chi connectivity index (χ4n) is 5.05. The van der Waals surface area contributed by atoms with Gasteiger partial charge in [-0.25, -0.2) is 9.83 Å². The minimum Gasteiger partial charge on any atom is -0.396 e. The zero-order valence-corrected chi connectivity index (χ0v) is 21.4. The Balaban J connectivity index is 1.25. The molecule has 4 N–H and O–H groups in total. The number of carbonyl (C=O) groups is 1. The number of piperazine rings is 1. The van der Waals surface area contributed by atoms with Gasteiger partial charge in [0.2, 0.25) is 0 Å². The second-order valence-electron chi connectivity index (χ2n) is 9.73. The number of rotatable bonds is 3. The average molecular weight is 558 g/mol. The summed E-state index contributed by atoms with van der Waals surface area (Å²) in [5.41, 5.74) is 7.85. The van der Waals surface area contributed by atoms with Crippen LogP contribution in [0.3, 0.4) is 0 Å². The molecule has 0 atom stereocenters. The quantitative estimate of drug-likeness (QED) is 0.264. The lowest BCUT2D eigenvalue weighted by Crippen LogP contribution is -2.48. The zero-order valence-electron chi connectivity index (χ0n) is 21.4. The molecule has 1 aliphatic rings. The van der Waals surface area contributed by atoms with Crippen LogP contribution in [0.5, 0.6) is 0 Å². The number of aromatic amines is 2. The number of nitrogens with zero attached hydrogens (tertiary/aromatic N) is 4. The van der Waals surface area contributed by atoms with Crippen molar-refractivity contribution in [3.8, 4) is 11.4 Å². The van der Waals surface area contributed by atoms with E-state index in [4.69, 9.17) is 12.3 Å². The number of nitrogens with two attached hydrogens (primary N) is 1. The van der Waals surface area contributed by atoms with Crippen LogP contribution < -0.4 is 16.2 Å². The molecule has 0 saturated carbocycles. The normalized spacial score (nSPS) is 14.0. The number of aromatic nitrogens is 3. The second kappa shape index (κ2) is 9.71. The van der Waals surface area contributed by atoms with E-state index in [-0.39, 0.29) is 34.0 Å². The van der Waals surface area contributed by atoms with Gasteiger partial charge in [-0.1, -0.05) is 12.1 Å². The number of benzene rings is 3. The van der Waals surface area contributed by atoms with E-state index in [1.54, 1.807) is 35.2 Å². The fraction of sp³-hybridized carbons (Fsp3) is 0.172. The van der Waals surface area contributed by atoms with Crippen LogP contribution >= 0.6 is 0 Å². The Bertz CT molecular complexity index is 1910. The maximum atomic E-state index is 13.3. The van der Waals surface area contributed by atoms with Crippen molar-refractivity contribution >= 4 is 44.9 Å². The molecule has 1 aliphatic heterocycles. The molecule has 0 bridgehead atoms. The molecule has 0 radical (unpaired) electrons. The van der Waals surface area contributed by atoms with Crippen molar-refractivity contribution in [3.05, 3.63) is 93.6 Å². The van der Waals surface area contributed by atoms with E-state index in [1.165, 1.54) is 6.07 Å². The highest BCUT2D eigenvalue weighted by atomic mass is 19.4. The van der Waals surface area contributed by atoms with Crippen LogP contribution in [0.15, 0.2) is 65.5 Å². The number of amides is 1. The van der Waals surface area contributed by atoms with Crippen LogP contribution in [0.25, 0.3) is 38.2 Å². The van der Waals surface area contributed by atoms with Gasteiger partial charge in [-0.2, -0.15) is 13.2 Å². The Hall–Kier alpha value is -5.31. The van der Waals surface area contributed by atoms with Crippen LogP contribution in [0.1, 0.15) is 15.9 Å². The van der Waals surface area contributed by atoms with Crippen molar-refractivity contribution in [1.82, 2.24) is 19.9 Å². The van der Waals surface area contributed by atoms with Crippen LogP contribution in [0.2, 0.25) is 0 Å². The predicted octanol–water partition coefficient (Wildman–Crippen LogP) is 5.19. The first kappa shape index (κ1) is 25.9. The highest BCUT2D eigenvalue weighted by molar-refractivity contribution is 6.04. The van der Waals surface area contributed by atoms with Crippen molar-refractivity contribution in [2.75, 3.05) is 36.8 Å². The molecular formula is C29H22F3N7O2. The molecule has 3 aromatic carbocycles. The van der Waals surface area contributed by atoms with Crippen LogP contribution in [0.4, 0.5) is 30.2 Å². The lowest BCUT2D eigenvalue weighted by molar-refractivity contribution is -0.137. The monoisotopic (exact) mass is 557 g/mol. The number of anilines is 2. The van der Waals surface area contributed by atoms with Crippen molar-refractivity contribution in [1.29, 1.82) is 0 Å². The number of hydrogen-bond donors (Lipinski definition) is 3. The Morgan fingerprint density at radius 3 is 2.37 bits per heavy atom. The van der Waals surface area contributed by atoms with Gasteiger partial charge in [0.25, 0.3) is 11.5 Å².